The summed E-state index contributed by atoms with van der Waals surface area (Å²) in [5.74, 6) is -0.984. The van der Waals surface area contributed by atoms with E-state index in [1.54, 1.807) is 10.9 Å². The first-order valence-electron chi connectivity index (χ1n) is 8.22. The van der Waals surface area contributed by atoms with Gasteiger partial charge in [0.05, 0.1) is 24.7 Å². The molecular weight excluding hydrogens is 455 g/mol. The Labute approximate surface area is 182 Å². The second-order valence-corrected chi connectivity index (χ2v) is 8.81. The molecule has 0 amide bonds. The minimum absolute atomic E-state index is 0.0762. The zero-order valence-corrected chi connectivity index (χ0v) is 18.0. The van der Waals surface area contributed by atoms with Gasteiger partial charge < -0.3 is 5.11 Å². The molecule has 0 fully saturated rings. The second kappa shape index (κ2) is 8.23. The molecule has 4 rings (SSSR count). The van der Waals surface area contributed by atoms with Crippen LogP contribution in [0, 0.1) is 6.92 Å². The summed E-state index contributed by atoms with van der Waals surface area (Å²) in [6, 6.07) is 3.71. The number of carboxylic acid groups (broad SMARTS) is 1. The third-order valence-corrected chi connectivity index (χ3v) is 6.52. The summed E-state index contributed by atoms with van der Waals surface area (Å²) in [6.07, 6.45) is 3.29. The lowest BCUT2D eigenvalue weighted by Crippen LogP contribution is -2.01. The van der Waals surface area contributed by atoms with Gasteiger partial charge in [0.15, 0.2) is 10.5 Å². The standard InChI is InChI=1S/C17H12Cl2N6O2S2/c1-8-10(18)2-9(3-11(8)19)5-25-6-12(23-24-25)16-22-15-17(29-16)21-13(4-20-15)28-7-14(26)27/h2-4,6H,5,7H2,1H3,(H,26,27). The molecule has 12 heteroatoms. The number of hydrogen-bond acceptors (Lipinski definition) is 8. The number of hydrogen-bond donors (Lipinski definition) is 1. The van der Waals surface area contributed by atoms with E-state index in [2.05, 4.69) is 25.3 Å². The minimum atomic E-state index is -0.908. The van der Waals surface area contributed by atoms with E-state index in [9.17, 15) is 4.79 Å². The molecule has 148 valence electrons. The number of thiazole rings is 1. The van der Waals surface area contributed by atoms with E-state index in [1.807, 2.05) is 19.1 Å². The Bertz CT molecular complexity index is 1200. The Balaban J connectivity index is 1.56. The second-order valence-electron chi connectivity index (χ2n) is 6.02. The van der Waals surface area contributed by atoms with E-state index in [0.717, 1.165) is 22.9 Å². The van der Waals surface area contributed by atoms with E-state index < -0.39 is 5.97 Å². The maximum Gasteiger partial charge on any atom is 0.313 e. The number of carbonyl (C=O) groups is 1. The molecule has 1 N–H and O–H groups in total. The molecule has 0 bridgehead atoms. The van der Waals surface area contributed by atoms with Crippen molar-refractivity contribution in [3.8, 4) is 10.7 Å². The Kier molecular flexibility index (Phi) is 5.68. The number of rotatable bonds is 6. The fourth-order valence-electron chi connectivity index (χ4n) is 2.47. The molecule has 0 radical (unpaired) electrons. The van der Waals surface area contributed by atoms with Crippen LogP contribution in [0.1, 0.15) is 11.1 Å². The Morgan fingerprint density at radius 1 is 1.28 bits per heavy atom. The largest absolute Gasteiger partial charge is 0.481 e. The number of carboxylic acids is 1. The predicted molar refractivity (Wildman–Crippen MR) is 113 cm³/mol. The zero-order chi connectivity index (χ0) is 20.5. The molecule has 0 spiro atoms. The number of halogens is 2. The van der Waals surface area contributed by atoms with Crippen molar-refractivity contribution in [2.24, 2.45) is 0 Å². The summed E-state index contributed by atoms with van der Waals surface area (Å²) >= 11 is 14.8. The fraction of sp³-hybridized carbons (Fsp3) is 0.176. The van der Waals surface area contributed by atoms with Crippen molar-refractivity contribution in [3.63, 3.8) is 0 Å². The summed E-state index contributed by atoms with van der Waals surface area (Å²) in [5.41, 5.74) is 2.83. The molecule has 8 nitrogen and oxygen atoms in total. The van der Waals surface area contributed by atoms with Gasteiger partial charge in [0.25, 0.3) is 0 Å². The van der Waals surface area contributed by atoms with Crippen molar-refractivity contribution in [3.05, 3.63) is 45.7 Å². The van der Waals surface area contributed by atoms with E-state index >= 15 is 0 Å². The molecule has 0 atom stereocenters. The maximum absolute atomic E-state index is 10.7. The van der Waals surface area contributed by atoms with Crippen molar-refractivity contribution in [2.45, 2.75) is 18.5 Å². The molecule has 0 saturated carbocycles. The van der Waals surface area contributed by atoms with Gasteiger partial charge in [-0.3, -0.25) is 4.79 Å². The molecule has 3 heterocycles. The number of fused-ring (bicyclic) bond motifs is 1. The number of thioether (sulfide) groups is 1. The third kappa shape index (κ3) is 4.50. The van der Waals surface area contributed by atoms with Gasteiger partial charge in [-0.2, -0.15) is 0 Å². The average Bonchev–Trinajstić information content (AvgIpc) is 3.30. The molecule has 0 unspecified atom stereocenters. The first-order chi connectivity index (χ1) is 13.9. The quantitative estimate of drug-likeness (QED) is 0.421. The molecule has 3 aromatic heterocycles. The van der Waals surface area contributed by atoms with Gasteiger partial charge in [-0.15, -0.1) is 5.10 Å². The SMILES string of the molecule is Cc1c(Cl)cc(Cn2cc(-c3nc4ncc(SCC(=O)O)nc4s3)nn2)cc1Cl. The van der Waals surface area contributed by atoms with Gasteiger partial charge in [-0.25, -0.2) is 19.6 Å². The number of nitrogens with zero attached hydrogens (tertiary/aromatic N) is 6. The summed E-state index contributed by atoms with van der Waals surface area (Å²) in [7, 11) is 0. The monoisotopic (exact) mass is 466 g/mol. The number of aliphatic carboxylic acids is 1. The van der Waals surface area contributed by atoms with Gasteiger partial charge in [0, 0.05) is 10.0 Å². The first-order valence-corrected chi connectivity index (χ1v) is 10.8. The molecule has 0 aliphatic rings. The normalized spacial score (nSPS) is 11.3. The third-order valence-electron chi connectivity index (χ3n) is 3.89. The van der Waals surface area contributed by atoms with Gasteiger partial charge >= 0.3 is 5.97 Å². The highest BCUT2D eigenvalue weighted by atomic mass is 35.5. The summed E-state index contributed by atoms with van der Waals surface area (Å²) in [5, 5.41) is 19.5. The smallest absolute Gasteiger partial charge is 0.313 e. The van der Waals surface area contributed by atoms with Crippen LogP contribution in [0.5, 0.6) is 0 Å². The number of aromatic nitrogens is 6. The summed E-state index contributed by atoms with van der Waals surface area (Å²) in [4.78, 5) is 24.4. The fourth-order valence-corrected chi connectivity index (χ4v) is 4.46. The Morgan fingerprint density at radius 3 is 2.76 bits per heavy atom. The van der Waals surface area contributed by atoms with Crippen LogP contribution in [0.4, 0.5) is 0 Å². The van der Waals surface area contributed by atoms with Crippen LogP contribution in [0.2, 0.25) is 10.0 Å². The van der Waals surface area contributed by atoms with Gasteiger partial charge in [-0.05, 0) is 30.2 Å². The lowest BCUT2D eigenvalue weighted by Gasteiger charge is -2.06. The minimum Gasteiger partial charge on any atom is -0.481 e. The molecule has 4 aromatic rings. The summed E-state index contributed by atoms with van der Waals surface area (Å²) < 4.78 is 1.67. The molecule has 0 aliphatic heterocycles. The van der Waals surface area contributed by atoms with Gasteiger partial charge in [0.2, 0.25) is 0 Å². The van der Waals surface area contributed by atoms with Gasteiger partial charge in [0.1, 0.15) is 15.7 Å². The molecule has 29 heavy (non-hydrogen) atoms. The Morgan fingerprint density at radius 2 is 2.03 bits per heavy atom. The van der Waals surface area contributed by atoms with Crippen LogP contribution in [0.3, 0.4) is 0 Å². The Hall–Kier alpha value is -2.27. The maximum atomic E-state index is 10.7. The van der Waals surface area contributed by atoms with Crippen LogP contribution in [-0.2, 0) is 11.3 Å². The topological polar surface area (TPSA) is 107 Å². The van der Waals surface area contributed by atoms with Crippen LogP contribution in [0.25, 0.3) is 21.2 Å². The van der Waals surface area contributed by atoms with Crippen molar-refractivity contribution in [1.82, 2.24) is 29.9 Å². The van der Waals surface area contributed by atoms with Crippen molar-refractivity contribution < 1.29 is 9.90 Å². The molecular formula is C17H12Cl2N6O2S2. The molecule has 0 saturated heterocycles. The molecule has 1 aromatic carbocycles. The zero-order valence-electron chi connectivity index (χ0n) is 14.8. The van der Waals surface area contributed by atoms with Crippen molar-refractivity contribution >= 4 is 62.7 Å². The van der Waals surface area contributed by atoms with Crippen LogP contribution >= 0.6 is 46.3 Å². The summed E-state index contributed by atoms with van der Waals surface area (Å²) in [6.45, 7) is 2.33. The highest BCUT2D eigenvalue weighted by molar-refractivity contribution is 7.99. The van der Waals surface area contributed by atoms with E-state index in [-0.39, 0.29) is 5.75 Å². The molecule has 0 aliphatic carbocycles. The predicted octanol–water partition coefficient (Wildman–Crippen LogP) is 4.19. The van der Waals surface area contributed by atoms with Gasteiger partial charge in [-0.1, -0.05) is 51.5 Å². The first kappa shape index (κ1) is 20.0. The van der Waals surface area contributed by atoms with E-state index in [0.29, 0.717) is 42.8 Å². The lowest BCUT2D eigenvalue weighted by atomic mass is 10.1. The van der Waals surface area contributed by atoms with Crippen LogP contribution in [-0.4, -0.2) is 46.8 Å². The lowest BCUT2D eigenvalue weighted by molar-refractivity contribution is -0.133. The van der Waals surface area contributed by atoms with Crippen LogP contribution < -0.4 is 0 Å². The highest BCUT2D eigenvalue weighted by Gasteiger charge is 2.14. The highest BCUT2D eigenvalue weighted by Crippen LogP contribution is 2.29. The number of benzene rings is 1. The van der Waals surface area contributed by atoms with E-state index in [4.69, 9.17) is 28.3 Å². The van der Waals surface area contributed by atoms with Crippen LogP contribution in [0.15, 0.2) is 29.6 Å². The van der Waals surface area contributed by atoms with E-state index in [1.165, 1.54) is 17.5 Å². The van der Waals surface area contributed by atoms with Crippen molar-refractivity contribution in [2.75, 3.05) is 5.75 Å². The van der Waals surface area contributed by atoms with Crippen molar-refractivity contribution in [1.29, 1.82) is 0 Å². The average molecular weight is 467 g/mol.